The van der Waals surface area contributed by atoms with Crippen molar-refractivity contribution >= 4 is 0 Å². The lowest BCUT2D eigenvalue weighted by Crippen LogP contribution is -2.30. The summed E-state index contributed by atoms with van der Waals surface area (Å²) in [4.78, 5) is 0. The molecule has 0 N–H and O–H groups in total. The molecule has 0 amide bonds. The van der Waals surface area contributed by atoms with Crippen molar-refractivity contribution in [3.8, 4) is 16.9 Å². The second-order valence-corrected chi connectivity index (χ2v) is 10.4. The van der Waals surface area contributed by atoms with Gasteiger partial charge in [-0.1, -0.05) is 76.1 Å². The number of ether oxygens (including phenoxy) is 1. The minimum Gasteiger partial charge on any atom is -0.497 e. The predicted molar refractivity (Wildman–Crippen MR) is 133 cm³/mol. The molecule has 2 heteroatoms. The van der Waals surface area contributed by atoms with Gasteiger partial charge in [0.2, 0.25) is 0 Å². The highest BCUT2D eigenvalue weighted by atomic mass is 19.1. The van der Waals surface area contributed by atoms with Crippen molar-refractivity contribution < 1.29 is 9.13 Å². The SMILES string of the molecule is CCCCCCCC1CCC2CC(c3ccc(-c4ccc(OC)cc4)c(F)c3)CCC2C1. The number of fused-ring (bicyclic) bond motifs is 1. The second kappa shape index (κ2) is 11.3. The molecule has 2 saturated carbocycles. The first-order chi connectivity index (χ1) is 15.7. The van der Waals surface area contributed by atoms with E-state index < -0.39 is 0 Å². The van der Waals surface area contributed by atoms with Gasteiger partial charge in [0, 0.05) is 5.56 Å². The van der Waals surface area contributed by atoms with Crippen LogP contribution in [-0.4, -0.2) is 7.11 Å². The van der Waals surface area contributed by atoms with E-state index in [2.05, 4.69) is 13.0 Å². The Kier molecular flexibility index (Phi) is 8.27. The third kappa shape index (κ3) is 5.74. The summed E-state index contributed by atoms with van der Waals surface area (Å²) in [7, 11) is 1.65. The van der Waals surface area contributed by atoms with Crippen LogP contribution in [-0.2, 0) is 0 Å². The van der Waals surface area contributed by atoms with Gasteiger partial charge in [-0.15, -0.1) is 0 Å². The van der Waals surface area contributed by atoms with Gasteiger partial charge in [0.25, 0.3) is 0 Å². The van der Waals surface area contributed by atoms with Crippen molar-refractivity contribution in [3.63, 3.8) is 0 Å². The zero-order valence-electron chi connectivity index (χ0n) is 20.1. The maximum atomic E-state index is 15.0. The molecule has 4 rings (SSSR count). The molecule has 0 aromatic heterocycles. The highest BCUT2D eigenvalue weighted by Gasteiger charge is 2.35. The third-order valence-corrected chi connectivity index (χ3v) is 8.30. The molecular formula is C30H41FO. The molecule has 4 atom stereocenters. The number of hydrogen-bond donors (Lipinski definition) is 0. The fraction of sp³-hybridized carbons (Fsp3) is 0.600. The van der Waals surface area contributed by atoms with Crippen LogP contribution >= 0.6 is 0 Å². The second-order valence-electron chi connectivity index (χ2n) is 10.4. The monoisotopic (exact) mass is 436 g/mol. The van der Waals surface area contributed by atoms with E-state index in [0.717, 1.165) is 29.1 Å². The van der Waals surface area contributed by atoms with E-state index in [4.69, 9.17) is 4.74 Å². The van der Waals surface area contributed by atoms with Crippen LogP contribution in [0.25, 0.3) is 11.1 Å². The zero-order chi connectivity index (χ0) is 22.3. The van der Waals surface area contributed by atoms with E-state index in [9.17, 15) is 0 Å². The Balaban J connectivity index is 1.31. The Labute approximate surface area is 194 Å². The summed E-state index contributed by atoms with van der Waals surface area (Å²) in [6.45, 7) is 2.29. The Morgan fingerprint density at radius 2 is 1.59 bits per heavy atom. The maximum absolute atomic E-state index is 15.0. The van der Waals surface area contributed by atoms with Crippen LogP contribution in [0.2, 0.25) is 0 Å². The average molecular weight is 437 g/mol. The van der Waals surface area contributed by atoms with Crippen molar-refractivity contribution in [2.45, 2.75) is 89.9 Å². The molecule has 2 aromatic carbocycles. The average Bonchev–Trinajstić information content (AvgIpc) is 2.83. The summed E-state index contributed by atoms with van der Waals surface area (Å²) in [5.74, 6) is 3.98. The molecule has 2 aliphatic carbocycles. The summed E-state index contributed by atoms with van der Waals surface area (Å²) < 4.78 is 20.2. The smallest absolute Gasteiger partial charge is 0.131 e. The van der Waals surface area contributed by atoms with Crippen molar-refractivity contribution in [1.82, 2.24) is 0 Å². The lowest BCUT2D eigenvalue weighted by Gasteiger charge is -2.42. The Morgan fingerprint density at radius 3 is 2.34 bits per heavy atom. The molecule has 0 aliphatic heterocycles. The number of benzene rings is 2. The zero-order valence-corrected chi connectivity index (χ0v) is 20.1. The first-order valence-corrected chi connectivity index (χ1v) is 13.1. The van der Waals surface area contributed by atoms with Crippen LogP contribution in [0.4, 0.5) is 4.39 Å². The fourth-order valence-corrected chi connectivity index (χ4v) is 6.38. The largest absolute Gasteiger partial charge is 0.497 e. The van der Waals surface area contributed by atoms with Gasteiger partial charge in [0.1, 0.15) is 11.6 Å². The summed E-state index contributed by atoms with van der Waals surface area (Å²) in [5.41, 5.74) is 2.80. The highest BCUT2D eigenvalue weighted by molar-refractivity contribution is 5.65. The summed E-state index contributed by atoms with van der Waals surface area (Å²) in [6, 6.07) is 13.6. The molecule has 0 saturated heterocycles. The van der Waals surface area contributed by atoms with Gasteiger partial charge in [-0.2, -0.15) is 0 Å². The van der Waals surface area contributed by atoms with Gasteiger partial charge in [0.15, 0.2) is 0 Å². The molecule has 0 spiro atoms. The molecule has 4 unspecified atom stereocenters. The van der Waals surface area contributed by atoms with Crippen LogP contribution in [0.15, 0.2) is 42.5 Å². The topological polar surface area (TPSA) is 9.23 Å². The molecule has 0 bridgehead atoms. The van der Waals surface area contributed by atoms with Crippen LogP contribution < -0.4 is 4.74 Å². The van der Waals surface area contributed by atoms with E-state index in [1.807, 2.05) is 36.4 Å². The van der Waals surface area contributed by atoms with Crippen LogP contribution in [0.5, 0.6) is 5.75 Å². The van der Waals surface area contributed by atoms with E-state index in [-0.39, 0.29) is 5.82 Å². The van der Waals surface area contributed by atoms with Crippen LogP contribution in [0.1, 0.15) is 95.5 Å². The standard InChI is InChI=1S/C30H41FO/c1-3-4-5-6-7-8-22-9-10-25-20-26(12-11-24(25)19-22)27-15-18-29(30(31)21-27)23-13-16-28(32-2)17-14-23/h13-18,21-22,24-26H,3-12,19-20H2,1-2H3. The fourth-order valence-electron chi connectivity index (χ4n) is 6.38. The van der Waals surface area contributed by atoms with Crippen LogP contribution in [0.3, 0.4) is 0 Å². The minimum absolute atomic E-state index is 0.0958. The van der Waals surface area contributed by atoms with Gasteiger partial charge in [-0.3, -0.25) is 0 Å². The van der Waals surface area contributed by atoms with Gasteiger partial charge in [-0.25, -0.2) is 4.39 Å². The number of hydrogen-bond acceptors (Lipinski definition) is 1. The van der Waals surface area contributed by atoms with E-state index in [1.54, 1.807) is 7.11 Å². The summed E-state index contributed by atoms with van der Waals surface area (Å²) in [5, 5.41) is 0. The number of halogens is 1. The van der Waals surface area contributed by atoms with Gasteiger partial charge in [-0.05, 0) is 85.1 Å². The van der Waals surface area contributed by atoms with Crippen molar-refractivity contribution in [1.29, 1.82) is 0 Å². The normalized spacial score (nSPS) is 25.3. The molecule has 2 aliphatic rings. The maximum Gasteiger partial charge on any atom is 0.131 e. The summed E-state index contributed by atoms with van der Waals surface area (Å²) >= 11 is 0. The molecular weight excluding hydrogens is 395 g/mol. The minimum atomic E-state index is -0.0958. The lowest BCUT2D eigenvalue weighted by atomic mass is 9.63. The molecule has 2 aromatic rings. The quantitative estimate of drug-likeness (QED) is 0.356. The number of unbranched alkanes of at least 4 members (excludes halogenated alkanes) is 4. The summed E-state index contributed by atoms with van der Waals surface area (Å²) in [6.07, 6.45) is 16.6. The first kappa shape index (κ1) is 23.3. The number of rotatable bonds is 9. The number of methoxy groups -OCH3 is 1. The molecule has 174 valence electrons. The van der Waals surface area contributed by atoms with Crippen molar-refractivity contribution in [2.75, 3.05) is 7.11 Å². The van der Waals surface area contributed by atoms with E-state index in [0.29, 0.717) is 11.5 Å². The molecule has 32 heavy (non-hydrogen) atoms. The Morgan fingerprint density at radius 1 is 0.844 bits per heavy atom. The third-order valence-electron chi connectivity index (χ3n) is 8.30. The first-order valence-electron chi connectivity index (χ1n) is 13.1. The predicted octanol–water partition coefficient (Wildman–Crippen LogP) is 9.16. The Bertz CT molecular complexity index is 842. The van der Waals surface area contributed by atoms with Gasteiger partial charge < -0.3 is 4.74 Å². The van der Waals surface area contributed by atoms with E-state index >= 15 is 4.39 Å². The molecule has 0 radical (unpaired) electrons. The van der Waals surface area contributed by atoms with Gasteiger partial charge in [0.05, 0.1) is 7.11 Å². The lowest BCUT2D eigenvalue weighted by molar-refractivity contribution is 0.113. The van der Waals surface area contributed by atoms with Crippen molar-refractivity contribution in [3.05, 3.63) is 53.8 Å². The van der Waals surface area contributed by atoms with E-state index in [1.165, 1.54) is 82.6 Å². The van der Waals surface area contributed by atoms with Gasteiger partial charge >= 0.3 is 0 Å². The molecule has 0 heterocycles. The molecule has 1 nitrogen and oxygen atoms in total. The Hall–Kier alpha value is -1.83. The van der Waals surface area contributed by atoms with Crippen molar-refractivity contribution in [2.24, 2.45) is 17.8 Å². The molecule has 2 fully saturated rings. The van der Waals surface area contributed by atoms with Crippen LogP contribution in [0, 0.1) is 23.6 Å². The highest BCUT2D eigenvalue weighted by Crippen LogP contribution is 2.48.